The van der Waals surface area contributed by atoms with Gasteiger partial charge in [-0.3, -0.25) is 9.59 Å². The Kier molecular flexibility index (Phi) is 6.87. The maximum atomic E-state index is 11.6. The third-order valence-corrected chi connectivity index (χ3v) is 2.47. The van der Waals surface area contributed by atoms with Crippen LogP contribution in [0.3, 0.4) is 0 Å². The Bertz CT molecular complexity index is 304. The zero-order valence-corrected chi connectivity index (χ0v) is 11.4. The molecule has 1 N–H and O–H groups in total. The minimum absolute atomic E-state index is 0.126. The van der Waals surface area contributed by atoms with E-state index in [0.29, 0.717) is 0 Å². The Balaban J connectivity index is 4.40. The van der Waals surface area contributed by atoms with Gasteiger partial charge < -0.3 is 10.1 Å². The maximum Gasteiger partial charge on any atom is 0.330 e. The first-order valence-electron chi connectivity index (χ1n) is 5.41. The molecule has 0 bridgehead atoms. The number of hydrogen-bond acceptors (Lipinski definition) is 5. The quantitative estimate of drug-likeness (QED) is 0.542. The number of Topliss-reactive ketones (excluding diaryl/α,β-unsaturated/α-hetero) is 1. The number of esters is 1. The molecule has 0 radical (unpaired) electrons. The number of carbonyl (C=O) groups is 3. The van der Waals surface area contributed by atoms with Crippen LogP contribution in [-0.4, -0.2) is 35.6 Å². The predicted molar refractivity (Wildman–Crippen MR) is 66.9 cm³/mol. The van der Waals surface area contributed by atoms with E-state index in [0.717, 1.165) is 0 Å². The highest BCUT2D eigenvalue weighted by Crippen LogP contribution is 2.05. The third-order valence-electron chi connectivity index (χ3n) is 2.11. The van der Waals surface area contributed by atoms with Gasteiger partial charge in [0, 0.05) is 18.6 Å². The number of rotatable bonds is 6. The van der Waals surface area contributed by atoms with Crippen molar-refractivity contribution in [3.63, 3.8) is 0 Å². The normalized spacial score (nSPS) is 14.0. The Morgan fingerprint density at radius 2 is 1.76 bits per heavy atom. The first-order chi connectivity index (χ1) is 7.79. The molecular formula is C11H19NO4S. The number of nitrogens with one attached hydrogen (secondary N) is 1. The molecule has 5 nitrogen and oxygen atoms in total. The van der Waals surface area contributed by atoms with Crippen molar-refractivity contribution in [1.29, 1.82) is 0 Å². The van der Waals surface area contributed by atoms with Gasteiger partial charge in [0.2, 0.25) is 5.91 Å². The molecule has 2 atom stereocenters. The molecule has 0 aliphatic heterocycles. The SMILES string of the molecule is CC(=O)N[C@@H](CS)C(=O)O[C@H](C)C(=O)C(C)C. The third kappa shape index (κ3) is 5.72. The van der Waals surface area contributed by atoms with Crippen LogP contribution in [0, 0.1) is 5.92 Å². The lowest BCUT2D eigenvalue weighted by molar-refractivity contribution is -0.157. The molecule has 0 aromatic rings. The molecule has 0 heterocycles. The van der Waals surface area contributed by atoms with E-state index in [4.69, 9.17) is 4.74 Å². The Morgan fingerprint density at radius 3 is 2.12 bits per heavy atom. The molecule has 98 valence electrons. The van der Waals surface area contributed by atoms with E-state index in [1.165, 1.54) is 13.8 Å². The average Bonchev–Trinajstić information content (AvgIpc) is 2.23. The van der Waals surface area contributed by atoms with Crippen molar-refractivity contribution in [2.24, 2.45) is 5.92 Å². The van der Waals surface area contributed by atoms with E-state index in [9.17, 15) is 14.4 Å². The number of hydrogen-bond donors (Lipinski definition) is 2. The molecule has 0 unspecified atom stereocenters. The van der Waals surface area contributed by atoms with Crippen molar-refractivity contribution in [2.75, 3.05) is 5.75 Å². The Labute approximate surface area is 107 Å². The predicted octanol–water partition coefficient (Wildman–Crippen LogP) is 0.578. The molecule has 0 aromatic heterocycles. The number of thiol groups is 1. The minimum atomic E-state index is -0.821. The summed E-state index contributed by atoms with van der Waals surface area (Å²) in [6, 6.07) is -0.821. The van der Waals surface area contributed by atoms with Gasteiger partial charge in [-0.1, -0.05) is 13.8 Å². The molecule has 0 saturated heterocycles. The zero-order valence-electron chi connectivity index (χ0n) is 10.5. The Morgan fingerprint density at radius 1 is 1.24 bits per heavy atom. The lowest BCUT2D eigenvalue weighted by atomic mass is 10.1. The van der Waals surface area contributed by atoms with Crippen LogP contribution in [0.4, 0.5) is 0 Å². The van der Waals surface area contributed by atoms with Crippen LogP contribution in [0.1, 0.15) is 27.7 Å². The first-order valence-corrected chi connectivity index (χ1v) is 6.05. The summed E-state index contributed by atoms with van der Waals surface area (Å²) in [7, 11) is 0. The van der Waals surface area contributed by atoms with Crippen molar-refractivity contribution in [2.45, 2.75) is 39.8 Å². The summed E-state index contributed by atoms with van der Waals surface area (Å²) in [6.45, 7) is 6.28. The molecule has 0 spiro atoms. The summed E-state index contributed by atoms with van der Waals surface area (Å²) < 4.78 is 4.98. The first kappa shape index (κ1) is 16.0. The second-order valence-corrected chi connectivity index (χ2v) is 4.44. The van der Waals surface area contributed by atoms with Crippen molar-refractivity contribution in [3.8, 4) is 0 Å². The maximum absolute atomic E-state index is 11.6. The molecule has 17 heavy (non-hydrogen) atoms. The molecule has 0 aliphatic carbocycles. The van der Waals surface area contributed by atoms with Crippen LogP contribution in [0.2, 0.25) is 0 Å². The largest absolute Gasteiger partial charge is 0.453 e. The highest BCUT2D eigenvalue weighted by molar-refractivity contribution is 7.80. The summed E-state index contributed by atoms with van der Waals surface area (Å²) >= 11 is 3.94. The van der Waals surface area contributed by atoms with Crippen LogP contribution in [0.5, 0.6) is 0 Å². The van der Waals surface area contributed by atoms with E-state index in [-0.39, 0.29) is 23.4 Å². The number of carbonyl (C=O) groups excluding carboxylic acids is 3. The Hall–Kier alpha value is -1.04. The van der Waals surface area contributed by atoms with Crippen molar-refractivity contribution in [1.82, 2.24) is 5.32 Å². The summed E-state index contributed by atoms with van der Waals surface area (Å²) in [4.78, 5) is 34.0. The summed E-state index contributed by atoms with van der Waals surface area (Å²) in [5, 5.41) is 2.40. The van der Waals surface area contributed by atoms with E-state index in [1.54, 1.807) is 13.8 Å². The highest BCUT2D eigenvalue weighted by atomic mass is 32.1. The van der Waals surface area contributed by atoms with Gasteiger partial charge in [-0.15, -0.1) is 0 Å². The van der Waals surface area contributed by atoms with Crippen LogP contribution >= 0.6 is 12.6 Å². The topological polar surface area (TPSA) is 72.5 Å². The molecule has 0 saturated carbocycles. The molecule has 0 aromatic carbocycles. The summed E-state index contributed by atoms with van der Waals surface area (Å²) in [5.74, 6) is -1.21. The van der Waals surface area contributed by atoms with E-state index in [1.807, 2.05) is 0 Å². The number of amides is 1. The van der Waals surface area contributed by atoms with Gasteiger partial charge in [-0.05, 0) is 6.92 Å². The van der Waals surface area contributed by atoms with Crippen LogP contribution < -0.4 is 5.32 Å². The van der Waals surface area contributed by atoms with Gasteiger partial charge in [-0.2, -0.15) is 12.6 Å². The fourth-order valence-corrected chi connectivity index (χ4v) is 1.45. The van der Waals surface area contributed by atoms with E-state index in [2.05, 4.69) is 17.9 Å². The van der Waals surface area contributed by atoms with Crippen LogP contribution in [0.15, 0.2) is 0 Å². The van der Waals surface area contributed by atoms with Crippen molar-refractivity contribution < 1.29 is 19.1 Å². The molecule has 1 amide bonds. The smallest absolute Gasteiger partial charge is 0.330 e. The van der Waals surface area contributed by atoms with Crippen LogP contribution in [-0.2, 0) is 19.1 Å². The van der Waals surface area contributed by atoms with Crippen molar-refractivity contribution in [3.05, 3.63) is 0 Å². The zero-order chi connectivity index (χ0) is 13.6. The van der Waals surface area contributed by atoms with E-state index >= 15 is 0 Å². The monoisotopic (exact) mass is 261 g/mol. The molecule has 6 heteroatoms. The van der Waals surface area contributed by atoms with Gasteiger partial charge in [0.05, 0.1) is 0 Å². The average molecular weight is 261 g/mol. The summed E-state index contributed by atoms with van der Waals surface area (Å²) in [5.41, 5.74) is 0. The fraction of sp³-hybridized carbons (Fsp3) is 0.727. The van der Waals surface area contributed by atoms with Gasteiger partial charge in [-0.25, -0.2) is 4.79 Å². The fourth-order valence-electron chi connectivity index (χ4n) is 1.21. The molecule has 0 fully saturated rings. The second kappa shape index (κ2) is 7.32. The van der Waals surface area contributed by atoms with Gasteiger partial charge in [0.1, 0.15) is 6.04 Å². The molecule has 0 aliphatic rings. The van der Waals surface area contributed by atoms with E-state index < -0.39 is 18.1 Å². The molecule has 0 rings (SSSR count). The number of ketones is 1. The summed E-state index contributed by atoms with van der Waals surface area (Å²) in [6.07, 6.45) is -0.807. The molecular weight excluding hydrogens is 242 g/mol. The van der Waals surface area contributed by atoms with Gasteiger partial charge in [0.15, 0.2) is 11.9 Å². The lowest BCUT2D eigenvalue weighted by Crippen LogP contribution is -2.44. The van der Waals surface area contributed by atoms with Gasteiger partial charge in [0.25, 0.3) is 0 Å². The van der Waals surface area contributed by atoms with Crippen molar-refractivity contribution >= 4 is 30.3 Å². The van der Waals surface area contributed by atoms with Gasteiger partial charge >= 0.3 is 5.97 Å². The number of ether oxygens (including phenoxy) is 1. The van der Waals surface area contributed by atoms with Crippen LogP contribution in [0.25, 0.3) is 0 Å². The minimum Gasteiger partial charge on any atom is -0.453 e. The standard InChI is InChI=1S/C11H19NO4S/c1-6(2)10(14)7(3)16-11(15)9(5-17)12-8(4)13/h6-7,9,17H,5H2,1-4H3,(H,12,13)/t7-,9+/m1/s1. The highest BCUT2D eigenvalue weighted by Gasteiger charge is 2.25. The lowest BCUT2D eigenvalue weighted by Gasteiger charge is -2.19. The second-order valence-electron chi connectivity index (χ2n) is 4.07.